The Morgan fingerprint density at radius 3 is 2.25 bits per heavy atom. The fraction of sp³-hybridized carbons (Fsp3) is 0.300. The van der Waals surface area contributed by atoms with Gasteiger partial charge in [0.1, 0.15) is 0 Å². The first-order valence-electron chi connectivity index (χ1n) is 8.34. The standard InChI is InChI=1S/C20H24ClN3/c1-16-3-5-18(6-4-16)15-23-11-13-24(14-12-23)22-17(2)19-7-9-20(21)10-8-19/h3-10,22H,2,11-15H2,1H3. The van der Waals surface area contributed by atoms with Gasteiger partial charge in [0.2, 0.25) is 0 Å². The summed E-state index contributed by atoms with van der Waals surface area (Å²) in [6, 6.07) is 16.6. The quantitative estimate of drug-likeness (QED) is 0.888. The Morgan fingerprint density at radius 1 is 1.00 bits per heavy atom. The molecule has 1 saturated heterocycles. The number of hydrazine groups is 1. The van der Waals surface area contributed by atoms with E-state index < -0.39 is 0 Å². The summed E-state index contributed by atoms with van der Waals surface area (Å²) in [5.41, 5.74) is 8.10. The summed E-state index contributed by atoms with van der Waals surface area (Å²) in [7, 11) is 0. The second-order valence-corrected chi connectivity index (χ2v) is 6.78. The van der Waals surface area contributed by atoms with E-state index in [2.05, 4.69) is 53.1 Å². The number of nitrogens with one attached hydrogen (secondary N) is 1. The van der Waals surface area contributed by atoms with E-state index in [1.807, 2.05) is 24.3 Å². The molecule has 4 heteroatoms. The number of hydrogen-bond donors (Lipinski definition) is 1. The van der Waals surface area contributed by atoms with Crippen LogP contribution in [0, 0.1) is 6.92 Å². The fourth-order valence-corrected chi connectivity index (χ4v) is 3.00. The molecular weight excluding hydrogens is 318 g/mol. The summed E-state index contributed by atoms with van der Waals surface area (Å²) in [4.78, 5) is 2.49. The van der Waals surface area contributed by atoms with Crippen LogP contribution in [0.25, 0.3) is 5.70 Å². The van der Waals surface area contributed by atoms with Gasteiger partial charge in [-0.2, -0.15) is 0 Å². The van der Waals surface area contributed by atoms with E-state index in [-0.39, 0.29) is 0 Å². The van der Waals surface area contributed by atoms with Gasteiger partial charge in [0.15, 0.2) is 0 Å². The van der Waals surface area contributed by atoms with Crippen molar-refractivity contribution in [3.8, 4) is 0 Å². The van der Waals surface area contributed by atoms with Gasteiger partial charge in [-0.15, -0.1) is 0 Å². The molecule has 126 valence electrons. The van der Waals surface area contributed by atoms with Crippen LogP contribution in [0.3, 0.4) is 0 Å². The van der Waals surface area contributed by atoms with Gasteiger partial charge in [-0.1, -0.05) is 60.1 Å². The first-order chi connectivity index (χ1) is 11.6. The Morgan fingerprint density at radius 2 is 1.62 bits per heavy atom. The average Bonchev–Trinajstić information content (AvgIpc) is 2.59. The van der Waals surface area contributed by atoms with E-state index in [1.54, 1.807) is 0 Å². The van der Waals surface area contributed by atoms with Crippen LogP contribution >= 0.6 is 11.6 Å². The lowest BCUT2D eigenvalue weighted by atomic mass is 10.1. The van der Waals surface area contributed by atoms with Crippen LogP contribution in [0.2, 0.25) is 5.02 Å². The highest BCUT2D eigenvalue weighted by Gasteiger charge is 2.17. The minimum absolute atomic E-state index is 0.747. The number of aryl methyl sites for hydroxylation is 1. The second kappa shape index (κ2) is 7.84. The van der Waals surface area contributed by atoms with Crippen LogP contribution in [0.5, 0.6) is 0 Å². The van der Waals surface area contributed by atoms with Crippen molar-refractivity contribution in [3.63, 3.8) is 0 Å². The van der Waals surface area contributed by atoms with Gasteiger partial charge in [-0.25, -0.2) is 5.01 Å². The fourth-order valence-electron chi connectivity index (χ4n) is 2.88. The summed E-state index contributed by atoms with van der Waals surface area (Å²) < 4.78 is 0. The van der Waals surface area contributed by atoms with Crippen molar-refractivity contribution in [2.75, 3.05) is 26.2 Å². The molecule has 0 aromatic heterocycles. The molecule has 0 atom stereocenters. The molecule has 1 N–H and O–H groups in total. The molecule has 1 aliphatic heterocycles. The summed E-state index contributed by atoms with van der Waals surface area (Å²) >= 11 is 5.93. The Balaban J connectivity index is 1.47. The summed E-state index contributed by atoms with van der Waals surface area (Å²) in [6.45, 7) is 11.4. The SMILES string of the molecule is C=C(NN1CCN(Cc2ccc(C)cc2)CC1)c1ccc(Cl)cc1. The molecule has 24 heavy (non-hydrogen) atoms. The summed E-state index contributed by atoms with van der Waals surface area (Å²) in [5, 5.41) is 2.99. The molecule has 0 saturated carbocycles. The Hall–Kier alpha value is -1.81. The molecule has 0 amide bonds. The molecule has 0 bridgehead atoms. The van der Waals surface area contributed by atoms with Crippen molar-refractivity contribution < 1.29 is 0 Å². The van der Waals surface area contributed by atoms with Gasteiger partial charge >= 0.3 is 0 Å². The zero-order valence-corrected chi connectivity index (χ0v) is 14.9. The zero-order chi connectivity index (χ0) is 16.9. The third kappa shape index (κ3) is 4.60. The highest BCUT2D eigenvalue weighted by Crippen LogP contribution is 2.15. The maximum atomic E-state index is 5.93. The van der Waals surface area contributed by atoms with E-state index in [0.717, 1.165) is 49.0 Å². The van der Waals surface area contributed by atoms with Gasteiger partial charge in [0, 0.05) is 43.4 Å². The first-order valence-corrected chi connectivity index (χ1v) is 8.72. The molecule has 2 aromatic rings. The number of benzene rings is 2. The maximum Gasteiger partial charge on any atom is 0.0490 e. The van der Waals surface area contributed by atoms with E-state index in [4.69, 9.17) is 11.6 Å². The molecule has 2 aromatic carbocycles. The average molecular weight is 342 g/mol. The predicted molar refractivity (Wildman–Crippen MR) is 102 cm³/mol. The van der Waals surface area contributed by atoms with Crippen LogP contribution < -0.4 is 5.43 Å². The lowest BCUT2D eigenvalue weighted by molar-refractivity contribution is 0.104. The minimum Gasteiger partial charge on any atom is -0.319 e. The number of hydrogen-bond acceptors (Lipinski definition) is 3. The van der Waals surface area contributed by atoms with Gasteiger partial charge in [-0.3, -0.25) is 4.90 Å². The number of nitrogens with zero attached hydrogens (tertiary/aromatic N) is 2. The van der Waals surface area contributed by atoms with Gasteiger partial charge in [-0.05, 0) is 30.2 Å². The number of rotatable bonds is 5. The topological polar surface area (TPSA) is 18.5 Å². The van der Waals surface area contributed by atoms with Crippen molar-refractivity contribution in [2.24, 2.45) is 0 Å². The maximum absolute atomic E-state index is 5.93. The van der Waals surface area contributed by atoms with Crippen molar-refractivity contribution in [3.05, 3.63) is 76.8 Å². The molecule has 0 unspecified atom stereocenters. The lowest BCUT2D eigenvalue weighted by Gasteiger charge is -2.35. The van der Waals surface area contributed by atoms with Gasteiger partial charge < -0.3 is 5.43 Å². The molecule has 1 fully saturated rings. The van der Waals surface area contributed by atoms with E-state index >= 15 is 0 Å². The van der Waals surface area contributed by atoms with Crippen LogP contribution in [0.1, 0.15) is 16.7 Å². The number of halogens is 1. The van der Waals surface area contributed by atoms with Gasteiger partial charge in [0.25, 0.3) is 0 Å². The summed E-state index contributed by atoms with van der Waals surface area (Å²) in [5.74, 6) is 0. The molecule has 0 radical (unpaired) electrons. The molecule has 1 aliphatic rings. The molecule has 1 heterocycles. The normalized spacial score (nSPS) is 16.1. The zero-order valence-electron chi connectivity index (χ0n) is 14.1. The van der Waals surface area contributed by atoms with Crippen LogP contribution in [-0.2, 0) is 6.54 Å². The lowest BCUT2D eigenvalue weighted by Crippen LogP contribution is -2.50. The third-order valence-electron chi connectivity index (χ3n) is 4.38. The van der Waals surface area contributed by atoms with E-state index in [0.29, 0.717) is 0 Å². The van der Waals surface area contributed by atoms with E-state index in [9.17, 15) is 0 Å². The third-order valence-corrected chi connectivity index (χ3v) is 4.64. The van der Waals surface area contributed by atoms with E-state index in [1.165, 1.54) is 11.1 Å². The first kappa shape index (κ1) is 17.0. The van der Waals surface area contributed by atoms with Crippen LogP contribution in [0.4, 0.5) is 0 Å². The van der Waals surface area contributed by atoms with Gasteiger partial charge in [0.05, 0.1) is 0 Å². The van der Waals surface area contributed by atoms with Crippen LogP contribution in [-0.4, -0.2) is 36.1 Å². The molecule has 0 spiro atoms. The number of piperazine rings is 1. The van der Waals surface area contributed by atoms with Crippen molar-refractivity contribution >= 4 is 17.3 Å². The second-order valence-electron chi connectivity index (χ2n) is 6.35. The molecule has 0 aliphatic carbocycles. The van der Waals surface area contributed by atoms with Crippen molar-refractivity contribution in [1.29, 1.82) is 0 Å². The predicted octanol–water partition coefficient (Wildman–Crippen LogP) is 3.94. The Labute approximate surface area is 149 Å². The largest absolute Gasteiger partial charge is 0.319 e. The summed E-state index contributed by atoms with van der Waals surface area (Å²) in [6.07, 6.45) is 0. The van der Waals surface area contributed by atoms with Crippen molar-refractivity contribution in [1.82, 2.24) is 15.3 Å². The highest BCUT2D eigenvalue weighted by atomic mass is 35.5. The molecule has 3 nitrogen and oxygen atoms in total. The monoisotopic (exact) mass is 341 g/mol. The Kier molecular flexibility index (Phi) is 5.56. The smallest absolute Gasteiger partial charge is 0.0490 e. The van der Waals surface area contributed by atoms with Crippen LogP contribution in [0.15, 0.2) is 55.1 Å². The Bertz CT molecular complexity index is 671. The van der Waals surface area contributed by atoms with Crippen molar-refractivity contribution in [2.45, 2.75) is 13.5 Å². The molecule has 3 rings (SSSR count). The minimum atomic E-state index is 0.747. The molecular formula is C20H24ClN3. The highest BCUT2D eigenvalue weighted by molar-refractivity contribution is 6.30.